The molecule has 2 N–H and O–H groups in total. The van der Waals surface area contributed by atoms with Crippen LogP contribution in [0.15, 0.2) is 72.8 Å². The Kier molecular flexibility index (Phi) is 5.77. The van der Waals surface area contributed by atoms with E-state index in [0.717, 1.165) is 16.9 Å². The van der Waals surface area contributed by atoms with Crippen LogP contribution in [0.1, 0.15) is 5.56 Å². The monoisotopic (exact) mass is 366 g/mol. The van der Waals surface area contributed by atoms with Crippen LogP contribution < -0.4 is 15.4 Å². The van der Waals surface area contributed by atoms with Gasteiger partial charge in [-0.1, -0.05) is 35.9 Å². The molecule has 1 amide bonds. The van der Waals surface area contributed by atoms with Crippen molar-refractivity contribution >= 4 is 34.6 Å². The lowest BCUT2D eigenvalue weighted by atomic mass is 10.2. The summed E-state index contributed by atoms with van der Waals surface area (Å²) in [4.78, 5) is 12.0. The van der Waals surface area contributed by atoms with Crippen LogP contribution in [0.5, 0.6) is 5.75 Å². The Morgan fingerprint density at radius 1 is 0.962 bits per heavy atom. The Morgan fingerprint density at radius 3 is 2.35 bits per heavy atom. The molecule has 0 aliphatic carbocycles. The van der Waals surface area contributed by atoms with E-state index in [2.05, 4.69) is 10.6 Å². The van der Waals surface area contributed by atoms with Crippen molar-refractivity contribution in [1.82, 2.24) is 0 Å². The van der Waals surface area contributed by atoms with Gasteiger partial charge < -0.3 is 15.4 Å². The summed E-state index contributed by atoms with van der Waals surface area (Å²) in [5.74, 6) is 0.357. The fourth-order valence-electron chi connectivity index (χ4n) is 2.38. The van der Waals surface area contributed by atoms with Gasteiger partial charge in [-0.2, -0.15) is 0 Å². The molecule has 0 radical (unpaired) electrons. The normalized spacial score (nSPS) is 10.2. The van der Waals surface area contributed by atoms with Crippen molar-refractivity contribution in [2.75, 3.05) is 17.2 Å². The third-order valence-electron chi connectivity index (χ3n) is 3.69. The predicted molar refractivity (Wildman–Crippen MR) is 106 cm³/mol. The van der Waals surface area contributed by atoms with Crippen LogP contribution in [-0.2, 0) is 4.79 Å². The number of benzene rings is 3. The second kappa shape index (κ2) is 8.41. The largest absolute Gasteiger partial charge is 0.484 e. The van der Waals surface area contributed by atoms with E-state index in [4.69, 9.17) is 16.3 Å². The maximum atomic E-state index is 12.0. The molecule has 0 aliphatic heterocycles. The third kappa shape index (κ3) is 5.01. The average Bonchev–Trinajstić information content (AvgIpc) is 2.64. The van der Waals surface area contributed by atoms with E-state index in [-0.39, 0.29) is 12.5 Å². The second-order valence-electron chi connectivity index (χ2n) is 5.84. The van der Waals surface area contributed by atoms with Crippen LogP contribution in [0.3, 0.4) is 0 Å². The standard InChI is InChI=1S/C21H19ClN2O2/c1-15-7-12-20(19(22)13-15)24-21(25)14-26-18-10-8-17(9-11-18)23-16-5-3-2-4-6-16/h2-13,23H,14H2,1H3,(H,24,25). The highest BCUT2D eigenvalue weighted by molar-refractivity contribution is 6.33. The predicted octanol–water partition coefficient (Wildman–Crippen LogP) is 5.41. The van der Waals surface area contributed by atoms with Gasteiger partial charge in [-0.15, -0.1) is 0 Å². The summed E-state index contributed by atoms with van der Waals surface area (Å²) in [5, 5.41) is 6.54. The summed E-state index contributed by atoms with van der Waals surface area (Å²) in [7, 11) is 0. The van der Waals surface area contributed by atoms with Crippen molar-refractivity contribution in [3.8, 4) is 5.75 Å². The zero-order valence-electron chi connectivity index (χ0n) is 14.3. The van der Waals surface area contributed by atoms with Gasteiger partial charge in [-0.3, -0.25) is 4.79 Å². The van der Waals surface area contributed by atoms with E-state index >= 15 is 0 Å². The molecule has 0 spiro atoms. The molecular formula is C21H19ClN2O2. The molecule has 3 rings (SSSR count). The molecular weight excluding hydrogens is 348 g/mol. The Hall–Kier alpha value is -2.98. The van der Waals surface area contributed by atoms with E-state index < -0.39 is 0 Å². The van der Waals surface area contributed by atoms with Crippen molar-refractivity contribution in [1.29, 1.82) is 0 Å². The fraction of sp³-hybridized carbons (Fsp3) is 0.0952. The number of amides is 1. The summed E-state index contributed by atoms with van der Waals surface area (Å²) >= 11 is 6.11. The zero-order chi connectivity index (χ0) is 18.4. The van der Waals surface area contributed by atoms with Gasteiger partial charge in [0.2, 0.25) is 0 Å². The first kappa shape index (κ1) is 17.8. The Morgan fingerprint density at radius 2 is 1.65 bits per heavy atom. The van der Waals surface area contributed by atoms with Crippen molar-refractivity contribution in [2.45, 2.75) is 6.92 Å². The first-order valence-corrected chi connectivity index (χ1v) is 8.59. The lowest BCUT2D eigenvalue weighted by Crippen LogP contribution is -2.20. The average molecular weight is 367 g/mol. The Labute approximate surface area is 157 Å². The summed E-state index contributed by atoms with van der Waals surface area (Å²) < 4.78 is 5.53. The molecule has 0 heterocycles. The number of aryl methyl sites for hydroxylation is 1. The molecule has 26 heavy (non-hydrogen) atoms. The quantitative estimate of drug-likeness (QED) is 0.613. The second-order valence-corrected chi connectivity index (χ2v) is 6.24. The number of nitrogens with one attached hydrogen (secondary N) is 2. The first-order valence-electron chi connectivity index (χ1n) is 8.21. The highest BCUT2D eigenvalue weighted by atomic mass is 35.5. The molecule has 0 aliphatic rings. The van der Waals surface area contributed by atoms with Gasteiger partial charge in [0.15, 0.2) is 6.61 Å². The van der Waals surface area contributed by atoms with Gasteiger partial charge in [0.25, 0.3) is 5.91 Å². The molecule has 0 bridgehead atoms. The van der Waals surface area contributed by atoms with Crippen molar-refractivity contribution in [3.63, 3.8) is 0 Å². The van der Waals surface area contributed by atoms with E-state index in [1.54, 1.807) is 12.1 Å². The number of hydrogen-bond donors (Lipinski definition) is 2. The molecule has 0 saturated carbocycles. The Balaban J connectivity index is 1.52. The number of carbonyl (C=O) groups excluding carboxylic acids is 1. The van der Waals surface area contributed by atoms with Crippen LogP contribution in [0, 0.1) is 6.92 Å². The van der Waals surface area contributed by atoms with E-state index in [9.17, 15) is 4.79 Å². The summed E-state index contributed by atoms with van der Waals surface area (Å²) in [6.45, 7) is 1.85. The number of hydrogen-bond acceptors (Lipinski definition) is 3. The molecule has 0 fully saturated rings. The minimum Gasteiger partial charge on any atom is -0.484 e. The van der Waals surface area contributed by atoms with Crippen molar-refractivity contribution in [2.24, 2.45) is 0 Å². The number of halogens is 1. The van der Waals surface area contributed by atoms with Crippen LogP contribution >= 0.6 is 11.6 Å². The van der Waals surface area contributed by atoms with Crippen molar-refractivity contribution < 1.29 is 9.53 Å². The maximum Gasteiger partial charge on any atom is 0.262 e. The molecule has 3 aromatic rings. The molecule has 0 saturated heterocycles. The fourth-order valence-corrected chi connectivity index (χ4v) is 2.66. The molecule has 0 aromatic heterocycles. The SMILES string of the molecule is Cc1ccc(NC(=O)COc2ccc(Nc3ccccc3)cc2)c(Cl)c1. The van der Waals surface area contributed by atoms with Gasteiger partial charge in [-0.05, 0) is 61.0 Å². The summed E-state index contributed by atoms with van der Waals surface area (Å²) in [5.41, 5.74) is 3.57. The molecule has 4 nitrogen and oxygen atoms in total. The van der Waals surface area contributed by atoms with Crippen LogP contribution in [0.2, 0.25) is 5.02 Å². The van der Waals surface area contributed by atoms with E-state index in [1.165, 1.54) is 0 Å². The molecule has 5 heteroatoms. The Bertz CT molecular complexity index is 880. The number of para-hydroxylation sites is 1. The number of anilines is 3. The number of rotatable bonds is 6. The lowest BCUT2D eigenvalue weighted by molar-refractivity contribution is -0.118. The molecule has 3 aromatic carbocycles. The highest BCUT2D eigenvalue weighted by Crippen LogP contribution is 2.23. The lowest BCUT2D eigenvalue weighted by Gasteiger charge is -2.10. The first-order chi connectivity index (χ1) is 12.6. The number of ether oxygens (including phenoxy) is 1. The number of carbonyl (C=O) groups is 1. The van der Waals surface area contributed by atoms with Gasteiger partial charge in [-0.25, -0.2) is 0 Å². The molecule has 132 valence electrons. The van der Waals surface area contributed by atoms with Crippen LogP contribution in [-0.4, -0.2) is 12.5 Å². The topological polar surface area (TPSA) is 50.4 Å². The zero-order valence-corrected chi connectivity index (χ0v) is 15.1. The van der Waals surface area contributed by atoms with Gasteiger partial charge in [0.05, 0.1) is 10.7 Å². The summed E-state index contributed by atoms with van der Waals surface area (Å²) in [6, 6.07) is 22.8. The van der Waals surface area contributed by atoms with Gasteiger partial charge >= 0.3 is 0 Å². The van der Waals surface area contributed by atoms with Gasteiger partial charge in [0.1, 0.15) is 5.75 Å². The van der Waals surface area contributed by atoms with E-state index in [0.29, 0.717) is 16.5 Å². The maximum absolute atomic E-state index is 12.0. The minimum atomic E-state index is -0.262. The third-order valence-corrected chi connectivity index (χ3v) is 4.00. The molecule has 0 atom stereocenters. The smallest absolute Gasteiger partial charge is 0.262 e. The van der Waals surface area contributed by atoms with Crippen LogP contribution in [0.4, 0.5) is 17.1 Å². The highest BCUT2D eigenvalue weighted by Gasteiger charge is 2.07. The van der Waals surface area contributed by atoms with Crippen molar-refractivity contribution in [3.05, 3.63) is 83.4 Å². The van der Waals surface area contributed by atoms with E-state index in [1.807, 2.05) is 67.6 Å². The van der Waals surface area contributed by atoms with Gasteiger partial charge in [0, 0.05) is 11.4 Å². The molecule has 0 unspecified atom stereocenters. The van der Waals surface area contributed by atoms with Crippen LogP contribution in [0.25, 0.3) is 0 Å². The minimum absolute atomic E-state index is 0.0876. The summed E-state index contributed by atoms with van der Waals surface area (Å²) in [6.07, 6.45) is 0.